The second-order valence-electron chi connectivity index (χ2n) is 3.60. The van der Waals surface area contributed by atoms with Crippen molar-refractivity contribution in [2.45, 2.75) is 25.0 Å². The van der Waals surface area contributed by atoms with Gasteiger partial charge in [0.2, 0.25) is 10.0 Å². The van der Waals surface area contributed by atoms with Gasteiger partial charge in [-0.3, -0.25) is 4.79 Å². The zero-order chi connectivity index (χ0) is 12.2. The van der Waals surface area contributed by atoms with Gasteiger partial charge in [-0.1, -0.05) is 37.3 Å². The Morgan fingerprint density at radius 2 is 1.88 bits per heavy atom. The number of hydrogen-bond acceptors (Lipinski definition) is 3. The van der Waals surface area contributed by atoms with Crippen molar-refractivity contribution >= 4 is 15.8 Å². The first-order chi connectivity index (χ1) is 7.46. The number of carbonyl (C=O) groups is 1. The summed E-state index contributed by atoms with van der Waals surface area (Å²) < 4.78 is 22.8. The monoisotopic (exact) mass is 241 g/mol. The summed E-state index contributed by atoms with van der Waals surface area (Å²) in [5.41, 5.74) is 0.434. The lowest BCUT2D eigenvalue weighted by molar-refractivity contribution is -0.118. The van der Waals surface area contributed by atoms with E-state index in [4.69, 9.17) is 5.14 Å². The summed E-state index contributed by atoms with van der Waals surface area (Å²) in [6, 6.07) is 8.33. The van der Waals surface area contributed by atoms with Crippen LogP contribution in [-0.2, 0) is 14.8 Å². The highest BCUT2D eigenvalue weighted by Gasteiger charge is 2.30. The Bertz CT molecular complexity index is 453. The third-order valence-corrected chi connectivity index (χ3v) is 3.41. The number of nitrogens with two attached hydrogens (primary N) is 1. The van der Waals surface area contributed by atoms with Crippen molar-refractivity contribution in [3.05, 3.63) is 35.9 Å². The van der Waals surface area contributed by atoms with E-state index in [0.29, 0.717) is 12.0 Å². The quantitative estimate of drug-likeness (QED) is 0.846. The maximum absolute atomic E-state index is 11.7. The second kappa shape index (κ2) is 5.23. The first-order valence-corrected chi connectivity index (χ1v) is 6.67. The van der Waals surface area contributed by atoms with Gasteiger partial charge in [-0.2, -0.15) is 0 Å². The molecule has 0 fully saturated rings. The third-order valence-electron chi connectivity index (χ3n) is 2.22. The molecule has 0 heterocycles. The fourth-order valence-electron chi connectivity index (χ4n) is 1.56. The minimum atomic E-state index is -3.89. The van der Waals surface area contributed by atoms with Crippen molar-refractivity contribution in [2.24, 2.45) is 5.14 Å². The van der Waals surface area contributed by atoms with Crippen LogP contribution in [0, 0.1) is 0 Å². The van der Waals surface area contributed by atoms with E-state index >= 15 is 0 Å². The molecule has 2 N–H and O–H groups in total. The van der Waals surface area contributed by atoms with Crippen LogP contribution in [0.2, 0.25) is 0 Å². The largest absolute Gasteiger partial charge is 0.298 e. The van der Waals surface area contributed by atoms with Crippen molar-refractivity contribution in [1.82, 2.24) is 0 Å². The van der Waals surface area contributed by atoms with Crippen LogP contribution in [0.4, 0.5) is 0 Å². The highest BCUT2D eigenvalue weighted by molar-refractivity contribution is 7.90. The van der Waals surface area contributed by atoms with Gasteiger partial charge in [-0.25, -0.2) is 13.6 Å². The predicted octanol–water partition coefficient (Wildman–Crippen LogP) is 1.39. The Morgan fingerprint density at radius 1 is 1.31 bits per heavy atom. The number of primary sulfonamides is 1. The van der Waals surface area contributed by atoms with E-state index in [1.807, 2.05) is 6.92 Å². The number of ketones is 1. The molecule has 0 aliphatic rings. The van der Waals surface area contributed by atoms with Gasteiger partial charge in [0.15, 0.2) is 11.0 Å². The molecule has 0 aliphatic carbocycles. The van der Waals surface area contributed by atoms with Crippen LogP contribution in [0.3, 0.4) is 0 Å². The minimum Gasteiger partial charge on any atom is -0.298 e. The lowest BCUT2D eigenvalue weighted by Crippen LogP contribution is -2.28. The SMILES string of the molecule is CCCC(=O)C(c1ccccc1)S(N)(=O)=O. The van der Waals surface area contributed by atoms with Crippen LogP contribution >= 0.6 is 0 Å². The van der Waals surface area contributed by atoms with Crippen LogP contribution < -0.4 is 5.14 Å². The van der Waals surface area contributed by atoms with Crippen LogP contribution in [-0.4, -0.2) is 14.2 Å². The van der Waals surface area contributed by atoms with Crippen molar-refractivity contribution in [1.29, 1.82) is 0 Å². The van der Waals surface area contributed by atoms with Crippen LogP contribution in [0.5, 0.6) is 0 Å². The van der Waals surface area contributed by atoms with Gasteiger partial charge in [0.05, 0.1) is 0 Å². The zero-order valence-electron chi connectivity index (χ0n) is 9.09. The summed E-state index contributed by atoms with van der Waals surface area (Å²) in [6.07, 6.45) is 0.827. The molecule has 88 valence electrons. The summed E-state index contributed by atoms with van der Waals surface area (Å²) in [6.45, 7) is 1.82. The lowest BCUT2D eigenvalue weighted by Gasteiger charge is -2.13. The molecule has 0 saturated heterocycles. The number of benzene rings is 1. The first kappa shape index (κ1) is 12.9. The van der Waals surface area contributed by atoms with Crippen LogP contribution in [0.25, 0.3) is 0 Å². The Labute approximate surface area is 95.5 Å². The second-order valence-corrected chi connectivity index (χ2v) is 5.25. The van der Waals surface area contributed by atoms with Gasteiger partial charge in [0, 0.05) is 6.42 Å². The van der Waals surface area contributed by atoms with Gasteiger partial charge in [-0.05, 0) is 12.0 Å². The standard InChI is InChI=1S/C11H15NO3S/c1-2-6-10(13)11(16(12,14)15)9-7-4-3-5-8-9/h3-5,7-8,11H,2,6H2,1H3,(H2,12,14,15). The molecule has 0 saturated carbocycles. The highest BCUT2D eigenvalue weighted by atomic mass is 32.2. The summed E-state index contributed by atoms with van der Waals surface area (Å²) in [5.74, 6) is -0.351. The lowest BCUT2D eigenvalue weighted by atomic mass is 10.1. The van der Waals surface area contributed by atoms with Gasteiger partial charge in [0.25, 0.3) is 0 Å². The summed E-state index contributed by atoms with van der Waals surface area (Å²) in [5, 5.41) is 3.87. The van der Waals surface area contributed by atoms with Gasteiger partial charge >= 0.3 is 0 Å². The Kier molecular flexibility index (Phi) is 4.20. The number of rotatable bonds is 5. The average molecular weight is 241 g/mol. The van der Waals surface area contributed by atoms with Crippen molar-refractivity contribution in [3.63, 3.8) is 0 Å². The number of Topliss-reactive ketones (excluding diaryl/α,β-unsaturated/α-hetero) is 1. The van der Waals surface area contributed by atoms with E-state index in [2.05, 4.69) is 0 Å². The zero-order valence-corrected chi connectivity index (χ0v) is 9.91. The summed E-state index contributed by atoms with van der Waals surface area (Å²) >= 11 is 0. The van der Waals surface area contributed by atoms with E-state index in [9.17, 15) is 13.2 Å². The Balaban J connectivity index is 3.13. The number of carbonyl (C=O) groups excluding carboxylic acids is 1. The molecular weight excluding hydrogens is 226 g/mol. The maximum atomic E-state index is 11.7. The maximum Gasteiger partial charge on any atom is 0.223 e. The Morgan fingerprint density at radius 3 is 2.31 bits per heavy atom. The van der Waals surface area contributed by atoms with E-state index in [-0.39, 0.29) is 12.2 Å². The molecule has 0 radical (unpaired) electrons. The van der Waals surface area contributed by atoms with Gasteiger partial charge in [0.1, 0.15) is 0 Å². The molecule has 5 heteroatoms. The first-order valence-electron chi connectivity index (χ1n) is 5.06. The number of sulfonamides is 1. The molecular formula is C11H15NO3S. The molecule has 16 heavy (non-hydrogen) atoms. The van der Waals surface area contributed by atoms with Crippen molar-refractivity contribution in [2.75, 3.05) is 0 Å². The molecule has 1 atom stereocenters. The van der Waals surface area contributed by atoms with E-state index in [0.717, 1.165) is 0 Å². The van der Waals surface area contributed by atoms with E-state index < -0.39 is 15.3 Å². The molecule has 1 aromatic carbocycles. The molecule has 4 nitrogen and oxygen atoms in total. The van der Waals surface area contributed by atoms with E-state index in [1.54, 1.807) is 30.3 Å². The summed E-state index contributed by atoms with van der Waals surface area (Å²) in [7, 11) is -3.89. The molecule has 1 aromatic rings. The van der Waals surface area contributed by atoms with Crippen molar-refractivity contribution < 1.29 is 13.2 Å². The molecule has 0 amide bonds. The topological polar surface area (TPSA) is 77.2 Å². The van der Waals surface area contributed by atoms with E-state index in [1.165, 1.54) is 0 Å². The molecule has 1 rings (SSSR count). The number of hydrogen-bond donors (Lipinski definition) is 1. The van der Waals surface area contributed by atoms with Crippen LogP contribution in [0.15, 0.2) is 30.3 Å². The summed E-state index contributed by atoms with van der Waals surface area (Å²) in [4.78, 5) is 11.7. The van der Waals surface area contributed by atoms with Crippen molar-refractivity contribution in [3.8, 4) is 0 Å². The molecule has 0 bridgehead atoms. The molecule has 0 spiro atoms. The fraction of sp³-hybridized carbons (Fsp3) is 0.364. The highest BCUT2D eigenvalue weighted by Crippen LogP contribution is 2.22. The fourth-order valence-corrected chi connectivity index (χ4v) is 2.58. The average Bonchev–Trinajstić information content (AvgIpc) is 2.17. The molecule has 1 unspecified atom stereocenters. The smallest absolute Gasteiger partial charge is 0.223 e. The normalized spacial score (nSPS) is 13.4. The molecule has 0 aromatic heterocycles. The third kappa shape index (κ3) is 3.15. The van der Waals surface area contributed by atoms with Gasteiger partial charge < -0.3 is 0 Å². The van der Waals surface area contributed by atoms with Gasteiger partial charge in [-0.15, -0.1) is 0 Å². The Hall–Kier alpha value is -1.20. The van der Waals surface area contributed by atoms with Crippen LogP contribution in [0.1, 0.15) is 30.6 Å². The predicted molar refractivity (Wildman–Crippen MR) is 62.2 cm³/mol. The minimum absolute atomic E-state index is 0.218. The molecule has 0 aliphatic heterocycles.